The lowest BCUT2D eigenvalue weighted by Gasteiger charge is -2.29. The Morgan fingerprint density at radius 2 is 2.18 bits per heavy atom. The molecule has 2 aliphatic rings. The molecule has 1 saturated heterocycles. The predicted octanol–water partition coefficient (Wildman–Crippen LogP) is 2.04. The van der Waals surface area contributed by atoms with Gasteiger partial charge in [-0.05, 0) is 23.4 Å². The minimum Gasteiger partial charge on any atom is -0.338 e. The first-order valence-corrected chi connectivity index (χ1v) is 7.90. The van der Waals surface area contributed by atoms with Crippen LogP contribution in [-0.4, -0.2) is 47.4 Å². The Balaban J connectivity index is 1.63. The lowest BCUT2D eigenvalue weighted by Crippen LogP contribution is -2.41. The van der Waals surface area contributed by atoms with Crippen LogP contribution in [0.2, 0.25) is 0 Å². The predicted molar refractivity (Wildman–Crippen MR) is 74.2 cm³/mol. The molecular formula is C14H15F3N2O2S. The van der Waals surface area contributed by atoms with Crippen molar-refractivity contribution >= 4 is 23.2 Å². The molecule has 4 nitrogen and oxygen atoms in total. The SMILES string of the molecule is O=C1CC(C(=O)N2CCc3sccc3C2)CN1CC(F)(F)F. The summed E-state index contributed by atoms with van der Waals surface area (Å²) in [4.78, 5) is 27.8. The molecule has 0 bridgehead atoms. The van der Waals surface area contributed by atoms with Crippen LogP contribution in [0.25, 0.3) is 0 Å². The van der Waals surface area contributed by atoms with E-state index in [0.717, 1.165) is 16.9 Å². The number of rotatable bonds is 2. The van der Waals surface area contributed by atoms with Gasteiger partial charge in [0.2, 0.25) is 11.8 Å². The van der Waals surface area contributed by atoms with E-state index >= 15 is 0 Å². The molecule has 1 unspecified atom stereocenters. The Bertz CT molecular complexity index is 599. The number of fused-ring (bicyclic) bond motifs is 1. The first-order chi connectivity index (χ1) is 10.3. The number of carbonyl (C=O) groups is 2. The summed E-state index contributed by atoms with van der Waals surface area (Å²) in [5, 5.41) is 1.98. The zero-order chi connectivity index (χ0) is 15.9. The fourth-order valence-corrected chi connectivity index (χ4v) is 3.89. The standard InChI is InChI=1S/C14H15F3N2O2S/c15-14(16,17)8-19-7-10(5-12(19)20)13(21)18-3-1-11-9(6-18)2-4-22-11/h2,4,10H,1,3,5-8H2. The Labute approximate surface area is 129 Å². The van der Waals surface area contributed by atoms with Gasteiger partial charge < -0.3 is 9.80 Å². The highest BCUT2D eigenvalue weighted by Gasteiger charge is 2.42. The topological polar surface area (TPSA) is 40.6 Å². The van der Waals surface area contributed by atoms with Gasteiger partial charge in [0.1, 0.15) is 6.54 Å². The van der Waals surface area contributed by atoms with Gasteiger partial charge in [0, 0.05) is 30.9 Å². The molecule has 0 radical (unpaired) electrons. The molecule has 0 saturated carbocycles. The van der Waals surface area contributed by atoms with Crippen LogP contribution in [0.1, 0.15) is 16.9 Å². The van der Waals surface area contributed by atoms with E-state index < -0.39 is 24.5 Å². The second-order valence-electron chi connectivity index (χ2n) is 5.67. The molecule has 3 heterocycles. The van der Waals surface area contributed by atoms with Crippen molar-refractivity contribution in [3.8, 4) is 0 Å². The summed E-state index contributed by atoms with van der Waals surface area (Å²) < 4.78 is 37.2. The summed E-state index contributed by atoms with van der Waals surface area (Å²) in [6.07, 6.45) is -3.78. The molecule has 120 valence electrons. The van der Waals surface area contributed by atoms with Crippen LogP contribution in [0.15, 0.2) is 11.4 Å². The van der Waals surface area contributed by atoms with Crippen LogP contribution < -0.4 is 0 Å². The first-order valence-electron chi connectivity index (χ1n) is 7.02. The lowest BCUT2D eigenvalue weighted by molar-refractivity contribution is -0.157. The van der Waals surface area contributed by atoms with E-state index in [1.807, 2.05) is 11.4 Å². The number of thiophene rings is 1. The molecule has 2 amide bonds. The first kappa shape index (κ1) is 15.3. The molecule has 1 atom stereocenters. The van der Waals surface area contributed by atoms with Gasteiger partial charge in [0.05, 0.1) is 5.92 Å². The maximum atomic E-state index is 12.5. The molecule has 22 heavy (non-hydrogen) atoms. The van der Waals surface area contributed by atoms with Gasteiger partial charge in [-0.2, -0.15) is 13.2 Å². The van der Waals surface area contributed by atoms with Crippen LogP contribution >= 0.6 is 11.3 Å². The summed E-state index contributed by atoms with van der Waals surface area (Å²) in [5.41, 5.74) is 1.10. The van der Waals surface area contributed by atoms with Crippen molar-refractivity contribution in [1.82, 2.24) is 9.80 Å². The number of carbonyl (C=O) groups excluding carboxylic acids is 2. The van der Waals surface area contributed by atoms with E-state index in [-0.39, 0.29) is 18.9 Å². The van der Waals surface area contributed by atoms with Gasteiger partial charge in [-0.15, -0.1) is 11.3 Å². The highest BCUT2D eigenvalue weighted by molar-refractivity contribution is 7.10. The normalized spacial score (nSPS) is 22.1. The van der Waals surface area contributed by atoms with E-state index in [1.165, 1.54) is 4.88 Å². The van der Waals surface area contributed by atoms with Gasteiger partial charge >= 0.3 is 6.18 Å². The van der Waals surface area contributed by atoms with Crippen LogP contribution in [0.5, 0.6) is 0 Å². The van der Waals surface area contributed by atoms with E-state index in [9.17, 15) is 22.8 Å². The zero-order valence-electron chi connectivity index (χ0n) is 11.7. The molecule has 0 aliphatic carbocycles. The van der Waals surface area contributed by atoms with Crippen molar-refractivity contribution in [2.24, 2.45) is 5.92 Å². The quantitative estimate of drug-likeness (QED) is 0.832. The summed E-state index contributed by atoms with van der Waals surface area (Å²) in [6.45, 7) is -0.355. The number of hydrogen-bond acceptors (Lipinski definition) is 3. The number of amides is 2. The highest BCUT2D eigenvalue weighted by Crippen LogP contribution is 2.28. The van der Waals surface area contributed by atoms with E-state index in [1.54, 1.807) is 16.2 Å². The molecule has 1 fully saturated rings. The molecular weight excluding hydrogens is 317 g/mol. The average molecular weight is 332 g/mol. The summed E-state index contributed by atoms with van der Waals surface area (Å²) in [6, 6.07) is 1.97. The Morgan fingerprint density at radius 3 is 2.91 bits per heavy atom. The van der Waals surface area contributed by atoms with Crippen molar-refractivity contribution in [3.63, 3.8) is 0 Å². The van der Waals surface area contributed by atoms with Gasteiger partial charge in [-0.25, -0.2) is 0 Å². The molecule has 3 rings (SSSR count). The van der Waals surface area contributed by atoms with E-state index in [4.69, 9.17) is 0 Å². The molecule has 0 N–H and O–H groups in total. The summed E-state index contributed by atoms with van der Waals surface area (Å²) in [7, 11) is 0. The second-order valence-corrected chi connectivity index (χ2v) is 6.67. The van der Waals surface area contributed by atoms with Crippen molar-refractivity contribution in [3.05, 3.63) is 21.9 Å². The Kier molecular flexibility index (Phi) is 3.88. The molecule has 1 aromatic heterocycles. The van der Waals surface area contributed by atoms with Gasteiger partial charge in [0.15, 0.2) is 0 Å². The maximum Gasteiger partial charge on any atom is 0.406 e. The molecule has 2 aliphatic heterocycles. The zero-order valence-corrected chi connectivity index (χ0v) is 12.5. The van der Waals surface area contributed by atoms with Crippen LogP contribution in [-0.2, 0) is 22.6 Å². The van der Waals surface area contributed by atoms with E-state index in [2.05, 4.69) is 0 Å². The number of nitrogens with zero attached hydrogens (tertiary/aromatic N) is 2. The third kappa shape index (κ3) is 3.11. The number of halogens is 3. The number of likely N-dealkylation sites (tertiary alicyclic amines) is 1. The third-order valence-corrected chi connectivity index (χ3v) is 5.08. The van der Waals surface area contributed by atoms with E-state index in [0.29, 0.717) is 13.1 Å². The number of alkyl halides is 3. The minimum absolute atomic E-state index is 0.123. The second kappa shape index (κ2) is 5.57. The maximum absolute atomic E-state index is 12.5. The fourth-order valence-electron chi connectivity index (χ4n) is 3.00. The Hall–Kier alpha value is -1.57. The monoisotopic (exact) mass is 332 g/mol. The lowest BCUT2D eigenvalue weighted by atomic mass is 10.0. The fraction of sp³-hybridized carbons (Fsp3) is 0.571. The van der Waals surface area contributed by atoms with Crippen molar-refractivity contribution in [2.45, 2.75) is 25.6 Å². The third-order valence-electron chi connectivity index (χ3n) is 4.05. The van der Waals surface area contributed by atoms with Gasteiger partial charge in [-0.3, -0.25) is 9.59 Å². The van der Waals surface area contributed by atoms with Crippen molar-refractivity contribution < 1.29 is 22.8 Å². The van der Waals surface area contributed by atoms with Crippen LogP contribution in [0.3, 0.4) is 0 Å². The summed E-state index contributed by atoms with van der Waals surface area (Å²) >= 11 is 1.65. The van der Waals surface area contributed by atoms with Crippen molar-refractivity contribution in [1.29, 1.82) is 0 Å². The molecule has 0 aromatic carbocycles. The van der Waals surface area contributed by atoms with Gasteiger partial charge in [-0.1, -0.05) is 0 Å². The minimum atomic E-state index is -4.43. The molecule has 1 aromatic rings. The molecule has 8 heteroatoms. The van der Waals surface area contributed by atoms with Gasteiger partial charge in [0.25, 0.3) is 0 Å². The van der Waals surface area contributed by atoms with Crippen LogP contribution in [0.4, 0.5) is 13.2 Å². The average Bonchev–Trinajstić information content (AvgIpc) is 3.03. The molecule has 0 spiro atoms. The van der Waals surface area contributed by atoms with Crippen molar-refractivity contribution in [2.75, 3.05) is 19.6 Å². The number of hydrogen-bond donors (Lipinski definition) is 0. The summed E-state index contributed by atoms with van der Waals surface area (Å²) in [5.74, 6) is -1.46. The van der Waals surface area contributed by atoms with Crippen LogP contribution in [0, 0.1) is 5.92 Å². The highest BCUT2D eigenvalue weighted by atomic mass is 32.1. The largest absolute Gasteiger partial charge is 0.406 e. The Morgan fingerprint density at radius 1 is 1.41 bits per heavy atom. The smallest absolute Gasteiger partial charge is 0.338 e.